The number of hydrogen-bond donors (Lipinski definition) is 1. The Morgan fingerprint density at radius 1 is 1.48 bits per heavy atom. The minimum absolute atomic E-state index is 0.00511. The molecule has 3 rings (SSSR count). The second kappa shape index (κ2) is 5.98. The highest BCUT2D eigenvalue weighted by Gasteiger charge is 2.47. The first-order valence-corrected chi connectivity index (χ1v) is 7.51. The number of nitrogens with zero attached hydrogens (tertiary/aromatic N) is 2. The summed E-state index contributed by atoms with van der Waals surface area (Å²) < 4.78 is 13.1. The molecule has 6 nitrogen and oxygen atoms in total. The van der Waals surface area contributed by atoms with Crippen molar-refractivity contribution >= 4 is 17.5 Å². The number of likely N-dealkylation sites (tertiary alicyclic amines) is 1. The molecule has 1 fully saturated rings. The number of oxime groups is 1. The molecule has 122 valence electrons. The third-order valence-corrected chi connectivity index (χ3v) is 4.20. The minimum Gasteiger partial charge on any atom is -0.386 e. The average molecular weight is 319 g/mol. The van der Waals surface area contributed by atoms with Crippen LogP contribution in [0.4, 0.5) is 4.39 Å². The zero-order valence-corrected chi connectivity index (χ0v) is 12.8. The third-order valence-electron chi connectivity index (χ3n) is 4.20. The summed E-state index contributed by atoms with van der Waals surface area (Å²) in [5.41, 5.74) is 0.417. The molecule has 1 aromatic carbocycles. The molecule has 0 radical (unpaired) electrons. The van der Waals surface area contributed by atoms with Crippen LogP contribution in [0.15, 0.2) is 29.4 Å². The van der Waals surface area contributed by atoms with Crippen molar-refractivity contribution < 1.29 is 18.8 Å². The fourth-order valence-corrected chi connectivity index (χ4v) is 2.91. The van der Waals surface area contributed by atoms with Crippen LogP contribution in [0.3, 0.4) is 0 Å². The summed E-state index contributed by atoms with van der Waals surface area (Å²) in [6, 6.07) is 6.05. The summed E-state index contributed by atoms with van der Waals surface area (Å²) in [4.78, 5) is 30.7. The lowest BCUT2D eigenvalue weighted by atomic mass is 9.96. The average Bonchev–Trinajstić information content (AvgIpc) is 3.13. The Labute approximate surface area is 133 Å². The van der Waals surface area contributed by atoms with E-state index in [1.54, 1.807) is 17.0 Å². The van der Waals surface area contributed by atoms with Gasteiger partial charge in [0.25, 0.3) is 5.91 Å². The zero-order valence-electron chi connectivity index (χ0n) is 12.8. The second-order valence-electron chi connectivity index (χ2n) is 5.99. The number of carbonyl (C=O) groups excluding carboxylic acids is 2. The molecule has 1 saturated heterocycles. The Kier molecular flexibility index (Phi) is 4.02. The lowest BCUT2D eigenvalue weighted by Crippen LogP contribution is -2.37. The molecular formula is C16H18FN3O3. The number of hydrogen-bond acceptors (Lipinski definition) is 4. The molecule has 23 heavy (non-hydrogen) atoms. The van der Waals surface area contributed by atoms with Gasteiger partial charge in [-0.2, -0.15) is 0 Å². The summed E-state index contributed by atoms with van der Waals surface area (Å²) in [5.74, 6) is -0.672. The van der Waals surface area contributed by atoms with Gasteiger partial charge in [0, 0.05) is 32.9 Å². The van der Waals surface area contributed by atoms with Crippen molar-refractivity contribution in [2.75, 3.05) is 13.1 Å². The van der Waals surface area contributed by atoms with Crippen LogP contribution < -0.4 is 5.32 Å². The van der Waals surface area contributed by atoms with Gasteiger partial charge < -0.3 is 15.1 Å². The van der Waals surface area contributed by atoms with E-state index in [9.17, 15) is 14.0 Å². The first-order chi connectivity index (χ1) is 11.0. The van der Waals surface area contributed by atoms with E-state index in [1.807, 2.05) is 0 Å². The Bertz CT molecular complexity index is 676. The Balaban J connectivity index is 1.55. The normalized spacial score (nSPS) is 22.9. The van der Waals surface area contributed by atoms with E-state index < -0.39 is 5.60 Å². The number of rotatable bonds is 3. The summed E-state index contributed by atoms with van der Waals surface area (Å²) in [6.45, 7) is 2.80. The van der Waals surface area contributed by atoms with E-state index in [2.05, 4.69) is 10.5 Å². The summed E-state index contributed by atoms with van der Waals surface area (Å²) >= 11 is 0. The van der Waals surface area contributed by atoms with Crippen LogP contribution in [0.25, 0.3) is 0 Å². The summed E-state index contributed by atoms with van der Waals surface area (Å²) in [5, 5.41) is 6.60. The molecule has 1 N–H and O–H groups in total. The molecule has 1 atom stereocenters. The molecular weight excluding hydrogens is 301 g/mol. The summed E-state index contributed by atoms with van der Waals surface area (Å²) in [6.07, 6.45) is 1.04. The number of carbonyl (C=O) groups is 2. The highest BCUT2D eigenvalue weighted by Crippen LogP contribution is 2.33. The van der Waals surface area contributed by atoms with E-state index in [0.29, 0.717) is 37.2 Å². The molecule has 2 heterocycles. The van der Waals surface area contributed by atoms with E-state index in [0.717, 1.165) is 0 Å². The fourth-order valence-electron chi connectivity index (χ4n) is 2.91. The predicted octanol–water partition coefficient (Wildman–Crippen LogP) is 1.21. The van der Waals surface area contributed by atoms with Gasteiger partial charge in [0.1, 0.15) is 11.5 Å². The molecule has 1 unspecified atom stereocenters. The van der Waals surface area contributed by atoms with Crippen molar-refractivity contribution in [1.82, 2.24) is 10.2 Å². The lowest BCUT2D eigenvalue weighted by Gasteiger charge is -2.20. The Morgan fingerprint density at radius 3 is 3.00 bits per heavy atom. The van der Waals surface area contributed by atoms with Gasteiger partial charge in [0.2, 0.25) is 5.91 Å². The van der Waals surface area contributed by atoms with Crippen LogP contribution in [0.2, 0.25) is 0 Å². The largest absolute Gasteiger partial charge is 0.386 e. The van der Waals surface area contributed by atoms with E-state index in [1.165, 1.54) is 19.1 Å². The number of nitrogens with one attached hydrogen (secondary N) is 1. The minimum atomic E-state index is -0.572. The van der Waals surface area contributed by atoms with Crippen LogP contribution in [0, 0.1) is 5.82 Å². The second-order valence-corrected chi connectivity index (χ2v) is 5.99. The van der Waals surface area contributed by atoms with Crippen LogP contribution in [0.5, 0.6) is 0 Å². The molecule has 1 spiro atoms. The fraction of sp³-hybridized carbons (Fsp3) is 0.438. The highest BCUT2D eigenvalue weighted by atomic mass is 19.1. The topological polar surface area (TPSA) is 71.0 Å². The smallest absolute Gasteiger partial charge is 0.269 e. The SMILES string of the molecule is CC(=O)N1CCC2(CC(C(=O)NCc3cccc(F)c3)=NO2)C1. The maximum atomic E-state index is 13.1. The molecule has 7 heteroatoms. The maximum absolute atomic E-state index is 13.1. The van der Waals surface area contributed by atoms with Crippen molar-refractivity contribution in [3.05, 3.63) is 35.6 Å². The van der Waals surface area contributed by atoms with Crippen LogP contribution >= 0.6 is 0 Å². The third kappa shape index (κ3) is 3.33. The standard InChI is InChI=1S/C16H18FN3O3/c1-11(21)20-6-5-16(10-20)8-14(19-23-16)15(22)18-9-12-3-2-4-13(17)7-12/h2-4,7H,5-6,8-10H2,1H3,(H,18,22). The van der Waals surface area contributed by atoms with Gasteiger partial charge in [-0.1, -0.05) is 17.3 Å². The molecule has 2 aliphatic rings. The molecule has 0 aromatic heterocycles. The van der Waals surface area contributed by atoms with Crippen molar-refractivity contribution in [2.45, 2.75) is 31.9 Å². The van der Waals surface area contributed by atoms with Gasteiger partial charge in [-0.15, -0.1) is 0 Å². The van der Waals surface area contributed by atoms with Gasteiger partial charge in [-0.3, -0.25) is 9.59 Å². The first kappa shape index (κ1) is 15.5. The van der Waals surface area contributed by atoms with E-state index in [4.69, 9.17) is 4.84 Å². The highest BCUT2D eigenvalue weighted by molar-refractivity contribution is 6.39. The zero-order chi connectivity index (χ0) is 16.4. The number of amides is 2. The molecule has 2 aliphatic heterocycles. The van der Waals surface area contributed by atoms with Crippen LogP contribution in [-0.4, -0.2) is 41.1 Å². The first-order valence-electron chi connectivity index (χ1n) is 7.51. The summed E-state index contributed by atoms with van der Waals surface area (Å²) in [7, 11) is 0. The Morgan fingerprint density at radius 2 is 2.30 bits per heavy atom. The van der Waals surface area contributed by atoms with Gasteiger partial charge in [0.05, 0.1) is 6.54 Å². The van der Waals surface area contributed by atoms with Gasteiger partial charge in [-0.05, 0) is 17.7 Å². The molecule has 0 saturated carbocycles. The van der Waals surface area contributed by atoms with E-state index >= 15 is 0 Å². The van der Waals surface area contributed by atoms with Crippen molar-refractivity contribution in [3.63, 3.8) is 0 Å². The van der Waals surface area contributed by atoms with Gasteiger partial charge in [-0.25, -0.2) is 4.39 Å². The Hall–Kier alpha value is -2.44. The molecule has 2 amide bonds. The van der Waals surface area contributed by atoms with Crippen molar-refractivity contribution in [1.29, 1.82) is 0 Å². The maximum Gasteiger partial charge on any atom is 0.269 e. The monoisotopic (exact) mass is 319 g/mol. The molecule has 1 aromatic rings. The predicted molar refractivity (Wildman–Crippen MR) is 81.0 cm³/mol. The lowest BCUT2D eigenvalue weighted by molar-refractivity contribution is -0.129. The van der Waals surface area contributed by atoms with Gasteiger partial charge >= 0.3 is 0 Å². The van der Waals surface area contributed by atoms with Crippen LogP contribution in [0.1, 0.15) is 25.3 Å². The van der Waals surface area contributed by atoms with Crippen LogP contribution in [-0.2, 0) is 21.0 Å². The number of benzene rings is 1. The number of halogens is 1. The van der Waals surface area contributed by atoms with E-state index in [-0.39, 0.29) is 24.2 Å². The van der Waals surface area contributed by atoms with Crippen molar-refractivity contribution in [3.8, 4) is 0 Å². The van der Waals surface area contributed by atoms with Gasteiger partial charge in [0.15, 0.2) is 5.60 Å². The van der Waals surface area contributed by atoms with Crippen molar-refractivity contribution in [2.24, 2.45) is 5.16 Å². The molecule has 0 aliphatic carbocycles. The quantitative estimate of drug-likeness (QED) is 0.910. The molecule has 0 bridgehead atoms.